The number of hydrogen-bond donors (Lipinski definition) is 1. The number of aromatic nitrogens is 8. The predicted octanol–water partition coefficient (Wildman–Crippen LogP) is 2.72. The van der Waals surface area contributed by atoms with Crippen molar-refractivity contribution in [3.63, 3.8) is 0 Å². The SMILES string of the molecule is Cc1cc(N2CCn3ncnc3C2)c(C(=O)Nc2nc3ncc(-c4ccncc4)nc3s2)cn1. The Morgan fingerprint density at radius 1 is 1.09 bits per heavy atom. The Morgan fingerprint density at radius 2 is 1.97 bits per heavy atom. The van der Waals surface area contributed by atoms with E-state index in [0.29, 0.717) is 40.8 Å². The highest BCUT2D eigenvalue weighted by atomic mass is 32.1. The van der Waals surface area contributed by atoms with Gasteiger partial charge in [0.05, 0.1) is 36.2 Å². The van der Waals surface area contributed by atoms with Gasteiger partial charge in [0.15, 0.2) is 15.6 Å². The maximum atomic E-state index is 13.3. The molecule has 1 N–H and O–H groups in total. The highest BCUT2D eigenvalue weighted by Crippen LogP contribution is 2.28. The molecule has 0 saturated carbocycles. The van der Waals surface area contributed by atoms with Gasteiger partial charge in [-0.1, -0.05) is 11.3 Å². The molecule has 0 fully saturated rings. The van der Waals surface area contributed by atoms with Crippen LogP contribution in [0.2, 0.25) is 0 Å². The van der Waals surface area contributed by atoms with Crippen LogP contribution in [0.1, 0.15) is 21.9 Å². The topological polar surface area (TPSA) is 128 Å². The molecular formula is C22H18N10OS. The van der Waals surface area contributed by atoms with E-state index < -0.39 is 0 Å². The zero-order valence-electron chi connectivity index (χ0n) is 18.1. The van der Waals surface area contributed by atoms with E-state index in [1.165, 1.54) is 11.3 Å². The highest BCUT2D eigenvalue weighted by Gasteiger charge is 2.24. The molecule has 12 heteroatoms. The van der Waals surface area contributed by atoms with Crippen molar-refractivity contribution < 1.29 is 4.79 Å². The van der Waals surface area contributed by atoms with Gasteiger partial charge in [0.25, 0.3) is 5.91 Å². The lowest BCUT2D eigenvalue weighted by Gasteiger charge is -2.30. The first-order chi connectivity index (χ1) is 16.6. The number of thiazole rings is 1. The van der Waals surface area contributed by atoms with Gasteiger partial charge in [-0.2, -0.15) is 10.1 Å². The number of pyridine rings is 2. The first kappa shape index (κ1) is 20.3. The number of aryl methyl sites for hydroxylation is 1. The van der Waals surface area contributed by atoms with E-state index in [1.54, 1.807) is 31.1 Å². The van der Waals surface area contributed by atoms with E-state index in [9.17, 15) is 4.79 Å². The molecule has 5 aromatic rings. The fourth-order valence-electron chi connectivity index (χ4n) is 3.85. The number of anilines is 2. The molecule has 0 unspecified atom stereocenters. The number of hydrogen-bond acceptors (Lipinski definition) is 10. The number of amides is 1. The molecule has 6 heterocycles. The summed E-state index contributed by atoms with van der Waals surface area (Å²) in [4.78, 5) is 42.2. The van der Waals surface area contributed by atoms with Crippen LogP contribution in [0.4, 0.5) is 10.8 Å². The second-order valence-corrected chi connectivity index (χ2v) is 8.73. The van der Waals surface area contributed by atoms with Gasteiger partial charge in [-0.05, 0) is 25.1 Å². The van der Waals surface area contributed by atoms with Gasteiger partial charge in [0.1, 0.15) is 12.2 Å². The summed E-state index contributed by atoms with van der Waals surface area (Å²) in [5, 5.41) is 7.55. The molecule has 1 aliphatic rings. The lowest BCUT2D eigenvalue weighted by Crippen LogP contribution is -2.35. The summed E-state index contributed by atoms with van der Waals surface area (Å²) in [6.07, 6.45) is 8.24. The minimum absolute atomic E-state index is 0.289. The largest absolute Gasteiger partial charge is 0.361 e. The Kier molecular flexibility index (Phi) is 4.91. The van der Waals surface area contributed by atoms with Crippen molar-refractivity contribution in [2.75, 3.05) is 16.8 Å². The van der Waals surface area contributed by atoms with Crippen LogP contribution in [0.25, 0.3) is 21.7 Å². The van der Waals surface area contributed by atoms with E-state index in [1.807, 2.05) is 29.8 Å². The van der Waals surface area contributed by atoms with Crippen LogP contribution in [-0.4, -0.2) is 52.1 Å². The first-order valence-electron chi connectivity index (χ1n) is 10.6. The molecular weight excluding hydrogens is 452 g/mol. The van der Waals surface area contributed by atoms with Gasteiger partial charge in [-0.15, -0.1) is 0 Å². The number of nitrogens with one attached hydrogen (secondary N) is 1. The third kappa shape index (κ3) is 3.73. The van der Waals surface area contributed by atoms with Crippen molar-refractivity contribution in [2.24, 2.45) is 0 Å². The van der Waals surface area contributed by atoms with E-state index in [0.717, 1.165) is 28.5 Å². The molecule has 11 nitrogen and oxygen atoms in total. The lowest BCUT2D eigenvalue weighted by molar-refractivity contribution is 0.102. The molecule has 5 aromatic heterocycles. The Hall–Kier alpha value is -4.32. The Bertz CT molecular complexity index is 1510. The number of fused-ring (bicyclic) bond motifs is 2. The van der Waals surface area contributed by atoms with Gasteiger partial charge in [0.2, 0.25) is 0 Å². The summed E-state index contributed by atoms with van der Waals surface area (Å²) in [5.74, 6) is 0.573. The summed E-state index contributed by atoms with van der Waals surface area (Å²) in [5.41, 5.74) is 4.22. The molecule has 1 amide bonds. The van der Waals surface area contributed by atoms with E-state index in [-0.39, 0.29) is 5.91 Å². The minimum Gasteiger partial charge on any atom is -0.361 e. The third-order valence-electron chi connectivity index (χ3n) is 5.53. The minimum atomic E-state index is -0.289. The zero-order chi connectivity index (χ0) is 23.1. The van der Waals surface area contributed by atoms with Crippen molar-refractivity contribution in [3.05, 3.63) is 66.4 Å². The summed E-state index contributed by atoms with van der Waals surface area (Å²) < 4.78 is 1.88. The van der Waals surface area contributed by atoms with Crippen molar-refractivity contribution in [3.8, 4) is 11.3 Å². The van der Waals surface area contributed by atoms with Crippen LogP contribution in [0.15, 0.2) is 49.3 Å². The van der Waals surface area contributed by atoms with Gasteiger partial charge in [-0.25, -0.2) is 19.6 Å². The molecule has 0 aliphatic carbocycles. The first-order valence-corrected chi connectivity index (χ1v) is 11.4. The molecule has 1 aliphatic heterocycles. The quantitative estimate of drug-likeness (QED) is 0.422. The number of nitrogens with zero attached hydrogens (tertiary/aromatic N) is 9. The van der Waals surface area contributed by atoms with Crippen molar-refractivity contribution in [1.29, 1.82) is 0 Å². The second kappa shape index (κ2) is 8.23. The zero-order valence-corrected chi connectivity index (χ0v) is 18.9. The molecule has 34 heavy (non-hydrogen) atoms. The lowest BCUT2D eigenvalue weighted by atomic mass is 10.1. The number of rotatable bonds is 4. The van der Waals surface area contributed by atoms with E-state index in [4.69, 9.17) is 0 Å². The van der Waals surface area contributed by atoms with Crippen molar-refractivity contribution in [2.45, 2.75) is 20.0 Å². The van der Waals surface area contributed by atoms with E-state index in [2.05, 4.69) is 45.2 Å². The summed E-state index contributed by atoms with van der Waals surface area (Å²) >= 11 is 1.28. The van der Waals surface area contributed by atoms with Crippen LogP contribution in [-0.2, 0) is 13.1 Å². The maximum absolute atomic E-state index is 13.3. The molecule has 0 atom stereocenters. The average molecular weight is 471 g/mol. The standard InChI is InChI=1S/C22H18N10OS/c1-13-8-17(31-6-7-32-18(11-31)26-12-27-32)15(9-24-13)20(33)30-22-29-19-21(34-22)28-16(10-25-19)14-2-4-23-5-3-14/h2-5,8-10,12H,6-7,11H2,1H3,(H,25,29,30,33). The van der Waals surface area contributed by atoms with Crippen LogP contribution >= 0.6 is 11.3 Å². The summed E-state index contributed by atoms with van der Waals surface area (Å²) in [6, 6.07) is 5.66. The molecule has 0 radical (unpaired) electrons. The Labute approximate surface area is 197 Å². The van der Waals surface area contributed by atoms with Gasteiger partial charge in [0, 0.05) is 36.4 Å². The molecule has 6 rings (SSSR count). The van der Waals surface area contributed by atoms with Crippen molar-refractivity contribution >= 4 is 38.5 Å². The number of carbonyl (C=O) groups excluding carboxylic acids is 1. The fraction of sp³-hybridized carbons (Fsp3) is 0.182. The van der Waals surface area contributed by atoms with Crippen LogP contribution in [0.3, 0.4) is 0 Å². The number of carbonyl (C=O) groups is 1. The van der Waals surface area contributed by atoms with E-state index >= 15 is 0 Å². The van der Waals surface area contributed by atoms with Gasteiger partial charge < -0.3 is 4.90 Å². The van der Waals surface area contributed by atoms with Crippen LogP contribution < -0.4 is 10.2 Å². The monoisotopic (exact) mass is 470 g/mol. The Morgan fingerprint density at radius 3 is 2.85 bits per heavy atom. The summed E-state index contributed by atoms with van der Waals surface area (Å²) in [6.45, 7) is 3.89. The molecule has 0 spiro atoms. The van der Waals surface area contributed by atoms with Crippen molar-refractivity contribution in [1.82, 2.24) is 39.7 Å². The molecule has 0 saturated heterocycles. The second-order valence-electron chi connectivity index (χ2n) is 7.76. The third-order valence-corrected chi connectivity index (χ3v) is 6.39. The normalized spacial score (nSPS) is 13.1. The molecule has 168 valence electrons. The average Bonchev–Trinajstić information content (AvgIpc) is 3.49. The predicted molar refractivity (Wildman–Crippen MR) is 126 cm³/mol. The maximum Gasteiger partial charge on any atom is 0.261 e. The smallest absolute Gasteiger partial charge is 0.261 e. The summed E-state index contributed by atoms with van der Waals surface area (Å²) in [7, 11) is 0. The van der Waals surface area contributed by atoms with Crippen LogP contribution in [0.5, 0.6) is 0 Å². The molecule has 0 bridgehead atoms. The van der Waals surface area contributed by atoms with Gasteiger partial charge in [-0.3, -0.25) is 20.1 Å². The van der Waals surface area contributed by atoms with Crippen LogP contribution in [0, 0.1) is 6.92 Å². The Balaban J connectivity index is 1.28. The fourth-order valence-corrected chi connectivity index (χ4v) is 4.64. The highest BCUT2D eigenvalue weighted by molar-refractivity contribution is 7.21. The van der Waals surface area contributed by atoms with Gasteiger partial charge >= 0.3 is 0 Å². The molecule has 0 aromatic carbocycles.